The number of nitrogens with one attached hydrogen (secondary N) is 1. The number of carbonyl (C=O) groups excluding carboxylic acids is 1. The number of hydrogen-bond donors (Lipinski definition) is 1. The van der Waals surface area contributed by atoms with Crippen molar-refractivity contribution in [2.75, 3.05) is 0 Å². The van der Waals surface area contributed by atoms with Crippen LogP contribution in [-0.4, -0.2) is 10.9 Å². The molecule has 4 rings (SSSR count). The van der Waals surface area contributed by atoms with Gasteiger partial charge in [-0.3, -0.25) is 4.79 Å². The smallest absolute Gasteiger partial charge is 0.263 e. The second-order valence-corrected chi connectivity index (χ2v) is 7.97. The van der Waals surface area contributed by atoms with Gasteiger partial charge in [-0.25, -0.2) is 4.98 Å². The molecule has 24 heavy (non-hydrogen) atoms. The Bertz CT molecular complexity index is 867. The number of aromatic nitrogens is 1. The van der Waals surface area contributed by atoms with Crippen molar-refractivity contribution in [1.29, 1.82) is 0 Å². The summed E-state index contributed by atoms with van der Waals surface area (Å²) in [7, 11) is 0. The fraction of sp³-hybridized carbons (Fsp3) is 0.263. The maximum Gasteiger partial charge on any atom is 0.263 e. The standard InChI is InChI=1S/C19H18N2OS2/c1-12-17(24-19(20-12)16-10-5-11-23-16)18(22)21-15-9-4-7-13-6-2-3-8-14(13)15/h2-3,5-6,8,10-11,15H,4,7,9H2,1H3,(H,21,22)/t15-/m0/s1. The Morgan fingerprint density at radius 1 is 1.25 bits per heavy atom. The number of hydrogen-bond acceptors (Lipinski definition) is 4. The van der Waals surface area contributed by atoms with E-state index >= 15 is 0 Å². The van der Waals surface area contributed by atoms with Crippen molar-refractivity contribution in [2.24, 2.45) is 0 Å². The number of thiazole rings is 1. The van der Waals surface area contributed by atoms with E-state index in [1.165, 1.54) is 22.5 Å². The zero-order valence-electron chi connectivity index (χ0n) is 13.4. The van der Waals surface area contributed by atoms with Crippen LogP contribution in [0.3, 0.4) is 0 Å². The SMILES string of the molecule is Cc1nc(-c2cccs2)sc1C(=O)N[C@H]1CCCc2ccccc21. The summed E-state index contributed by atoms with van der Waals surface area (Å²) in [6, 6.07) is 12.6. The Morgan fingerprint density at radius 3 is 2.96 bits per heavy atom. The molecule has 3 aromatic rings. The van der Waals surface area contributed by atoms with Gasteiger partial charge in [-0.1, -0.05) is 30.3 Å². The van der Waals surface area contributed by atoms with Crippen LogP contribution in [-0.2, 0) is 6.42 Å². The zero-order chi connectivity index (χ0) is 16.5. The molecule has 0 saturated carbocycles. The molecule has 0 saturated heterocycles. The molecule has 1 amide bonds. The van der Waals surface area contributed by atoms with E-state index in [1.807, 2.05) is 24.4 Å². The van der Waals surface area contributed by atoms with Crippen molar-refractivity contribution < 1.29 is 4.79 Å². The number of benzene rings is 1. The highest BCUT2D eigenvalue weighted by Gasteiger charge is 2.24. The molecule has 1 N–H and O–H groups in total. The number of nitrogens with zero attached hydrogens (tertiary/aromatic N) is 1. The lowest BCUT2D eigenvalue weighted by Crippen LogP contribution is -2.30. The first-order valence-electron chi connectivity index (χ1n) is 8.12. The summed E-state index contributed by atoms with van der Waals surface area (Å²) in [4.78, 5) is 19.2. The van der Waals surface area contributed by atoms with Crippen LogP contribution >= 0.6 is 22.7 Å². The summed E-state index contributed by atoms with van der Waals surface area (Å²) in [5.41, 5.74) is 3.43. The van der Waals surface area contributed by atoms with Crippen LogP contribution in [0.4, 0.5) is 0 Å². The van der Waals surface area contributed by atoms with Crippen molar-refractivity contribution in [3.8, 4) is 9.88 Å². The maximum atomic E-state index is 12.8. The summed E-state index contributed by atoms with van der Waals surface area (Å²) in [5, 5.41) is 6.19. The van der Waals surface area contributed by atoms with E-state index in [-0.39, 0.29) is 11.9 Å². The summed E-state index contributed by atoms with van der Waals surface area (Å²) in [6.45, 7) is 1.91. The Hall–Kier alpha value is -1.98. The van der Waals surface area contributed by atoms with Crippen molar-refractivity contribution in [3.63, 3.8) is 0 Å². The van der Waals surface area contributed by atoms with E-state index < -0.39 is 0 Å². The van der Waals surface area contributed by atoms with Crippen molar-refractivity contribution >= 4 is 28.6 Å². The van der Waals surface area contributed by atoms with Gasteiger partial charge in [0.1, 0.15) is 9.88 Å². The molecule has 0 unspecified atom stereocenters. The van der Waals surface area contributed by atoms with Crippen LogP contribution in [0, 0.1) is 6.92 Å². The number of thiophene rings is 1. The fourth-order valence-corrected chi connectivity index (χ4v) is 5.01. The first-order valence-corrected chi connectivity index (χ1v) is 9.82. The molecular weight excluding hydrogens is 336 g/mol. The van der Waals surface area contributed by atoms with Crippen LogP contribution in [0.5, 0.6) is 0 Å². The zero-order valence-corrected chi connectivity index (χ0v) is 15.0. The predicted octanol–water partition coefficient (Wildman–Crippen LogP) is 4.99. The molecule has 5 heteroatoms. The van der Waals surface area contributed by atoms with Crippen LogP contribution in [0.15, 0.2) is 41.8 Å². The van der Waals surface area contributed by atoms with Gasteiger partial charge in [-0.15, -0.1) is 22.7 Å². The summed E-state index contributed by atoms with van der Waals surface area (Å²) in [6.07, 6.45) is 3.22. The lowest BCUT2D eigenvalue weighted by atomic mass is 9.88. The van der Waals surface area contributed by atoms with Crippen molar-refractivity contribution in [2.45, 2.75) is 32.2 Å². The lowest BCUT2D eigenvalue weighted by Gasteiger charge is -2.26. The van der Waals surface area contributed by atoms with E-state index in [1.54, 1.807) is 11.3 Å². The number of fused-ring (bicyclic) bond motifs is 1. The number of carbonyl (C=O) groups is 1. The van der Waals surface area contributed by atoms with Crippen LogP contribution in [0.25, 0.3) is 9.88 Å². The third-order valence-corrected chi connectivity index (χ3v) is 6.60. The molecule has 0 fully saturated rings. The third-order valence-electron chi connectivity index (χ3n) is 4.41. The average Bonchev–Trinajstić information content (AvgIpc) is 3.24. The maximum absolute atomic E-state index is 12.8. The minimum atomic E-state index is -0.00508. The van der Waals surface area contributed by atoms with Gasteiger partial charge in [-0.2, -0.15) is 0 Å². The average molecular weight is 355 g/mol. The van der Waals surface area contributed by atoms with Crippen LogP contribution in [0.2, 0.25) is 0 Å². The molecule has 122 valence electrons. The molecular formula is C19H18N2OS2. The topological polar surface area (TPSA) is 42.0 Å². The van der Waals surface area contributed by atoms with Crippen molar-refractivity contribution in [3.05, 3.63) is 63.5 Å². The van der Waals surface area contributed by atoms with Crippen LogP contribution < -0.4 is 5.32 Å². The molecule has 1 atom stereocenters. The lowest BCUT2D eigenvalue weighted by molar-refractivity contribution is 0.0936. The Morgan fingerprint density at radius 2 is 2.12 bits per heavy atom. The fourth-order valence-electron chi connectivity index (χ4n) is 3.24. The number of rotatable bonds is 3. The monoisotopic (exact) mass is 354 g/mol. The van der Waals surface area contributed by atoms with E-state index in [9.17, 15) is 4.79 Å². The van der Waals surface area contributed by atoms with Gasteiger partial charge in [0.05, 0.1) is 16.6 Å². The molecule has 1 aliphatic rings. The molecule has 0 spiro atoms. The molecule has 1 aliphatic carbocycles. The normalized spacial score (nSPS) is 16.6. The summed E-state index contributed by atoms with van der Waals surface area (Å²) >= 11 is 3.13. The van der Waals surface area contributed by atoms with E-state index in [4.69, 9.17) is 0 Å². The van der Waals surface area contributed by atoms with Gasteiger partial charge in [0, 0.05) is 0 Å². The van der Waals surface area contributed by atoms with Crippen molar-refractivity contribution in [1.82, 2.24) is 10.3 Å². The van der Waals surface area contributed by atoms with E-state index in [0.717, 1.165) is 39.7 Å². The largest absolute Gasteiger partial charge is 0.344 e. The highest BCUT2D eigenvalue weighted by molar-refractivity contribution is 7.22. The molecule has 2 heterocycles. The molecule has 0 aliphatic heterocycles. The second-order valence-electron chi connectivity index (χ2n) is 6.03. The minimum absolute atomic E-state index is 0.00508. The first-order chi connectivity index (χ1) is 11.7. The van der Waals surface area contributed by atoms with E-state index in [2.05, 4.69) is 34.6 Å². The Labute approximate surface area is 149 Å². The minimum Gasteiger partial charge on any atom is -0.344 e. The highest BCUT2D eigenvalue weighted by atomic mass is 32.1. The first kappa shape index (κ1) is 15.5. The van der Waals surface area contributed by atoms with E-state index in [0.29, 0.717) is 0 Å². The predicted molar refractivity (Wildman–Crippen MR) is 99.8 cm³/mol. The highest BCUT2D eigenvalue weighted by Crippen LogP contribution is 2.33. The molecule has 0 bridgehead atoms. The number of aryl methyl sites for hydroxylation is 2. The van der Waals surface area contributed by atoms with Gasteiger partial charge >= 0.3 is 0 Å². The third kappa shape index (κ3) is 2.89. The molecule has 1 aromatic carbocycles. The second kappa shape index (κ2) is 6.49. The van der Waals surface area contributed by atoms with Gasteiger partial charge in [0.25, 0.3) is 5.91 Å². The molecule has 2 aromatic heterocycles. The van der Waals surface area contributed by atoms with Gasteiger partial charge < -0.3 is 5.32 Å². The van der Waals surface area contributed by atoms with Crippen LogP contribution in [0.1, 0.15) is 45.4 Å². The summed E-state index contributed by atoms with van der Waals surface area (Å²) < 4.78 is 0. The van der Waals surface area contributed by atoms with Gasteiger partial charge in [-0.05, 0) is 48.8 Å². The molecule has 0 radical (unpaired) electrons. The Kier molecular flexibility index (Phi) is 4.21. The van der Waals surface area contributed by atoms with Gasteiger partial charge in [0.2, 0.25) is 0 Å². The van der Waals surface area contributed by atoms with Gasteiger partial charge in [0.15, 0.2) is 0 Å². The quantitative estimate of drug-likeness (QED) is 0.720. The molecule has 3 nitrogen and oxygen atoms in total. The Balaban J connectivity index is 1.57. The number of amides is 1. The summed E-state index contributed by atoms with van der Waals surface area (Å²) in [5.74, 6) is -0.00508.